The van der Waals surface area contributed by atoms with Crippen molar-refractivity contribution in [1.29, 1.82) is 0 Å². The number of carbonyl (C=O) groups excluding carboxylic acids is 3. The van der Waals surface area contributed by atoms with E-state index in [1.807, 2.05) is 25.7 Å². The lowest BCUT2D eigenvalue weighted by molar-refractivity contribution is -0.135. The van der Waals surface area contributed by atoms with Crippen LogP contribution >= 0.6 is 0 Å². The van der Waals surface area contributed by atoms with Crippen LogP contribution in [0.1, 0.15) is 90.7 Å². The molecule has 13 heteroatoms. The summed E-state index contributed by atoms with van der Waals surface area (Å²) in [6, 6.07) is 4.19. The average Bonchev–Trinajstić information content (AvgIpc) is 3.66. The van der Waals surface area contributed by atoms with E-state index < -0.39 is 46.8 Å². The molecular formula is C35H45F3N4O6. The maximum Gasteiger partial charge on any atom is 0.411 e. The number of piperidine rings is 1. The number of likely N-dealkylation sites (tertiary alicyclic amines) is 2. The molecule has 3 amide bonds. The van der Waals surface area contributed by atoms with Gasteiger partial charge in [0.25, 0.3) is 0 Å². The van der Waals surface area contributed by atoms with Gasteiger partial charge in [-0.2, -0.15) is 4.39 Å². The summed E-state index contributed by atoms with van der Waals surface area (Å²) < 4.78 is 60.7. The average molecular weight is 675 g/mol. The predicted molar refractivity (Wildman–Crippen MR) is 170 cm³/mol. The second-order valence-electron chi connectivity index (χ2n) is 14.9. The van der Waals surface area contributed by atoms with Gasteiger partial charge in [-0.25, -0.2) is 23.4 Å². The lowest BCUT2D eigenvalue weighted by Gasteiger charge is -2.45. The Hall–Kier alpha value is -4.03. The summed E-state index contributed by atoms with van der Waals surface area (Å²) in [5.41, 5.74) is -1.60. The number of hydrogen-bond donors (Lipinski definition) is 0. The predicted octanol–water partition coefficient (Wildman–Crippen LogP) is 6.56. The monoisotopic (exact) mass is 674 g/mol. The van der Waals surface area contributed by atoms with E-state index in [1.165, 1.54) is 23.2 Å². The topological polar surface area (TPSA) is 102 Å². The number of halogens is 3. The van der Waals surface area contributed by atoms with Crippen LogP contribution in [0.4, 0.5) is 22.8 Å². The molecule has 10 nitrogen and oxygen atoms in total. The molecule has 48 heavy (non-hydrogen) atoms. The molecule has 0 radical (unpaired) electrons. The standard InChI is InChI=1S/C35H45F3N4O6/c1-33(2,3)47-31(44)41(20-28(43)40-15-11-35(12-16-40)10-8-14-42(35)32(45)48-34(4,5)6)27-19-24(27)25-17-23(36)18-26(37)29(25)46-21-22-9-7-13-39-30(22)38/h7,9,13,17-18,24,27H,8,10-12,14-16,19-21H2,1-6H3/t24-,27+/m0/s1. The van der Waals surface area contributed by atoms with Crippen LogP contribution in [-0.2, 0) is 20.9 Å². The van der Waals surface area contributed by atoms with Crippen molar-refractivity contribution in [3.05, 3.63) is 59.2 Å². The number of pyridine rings is 1. The van der Waals surface area contributed by atoms with Crippen LogP contribution in [0.5, 0.6) is 5.75 Å². The van der Waals surface area contributed by atoms with Crippen LogP contribution in [0.2, 0.25) is 0 Å². The summed E-state index contributed by atoms with van der Waals surface area (Å²) >= 11 is 0. The van der Waals surface area contributed by atoms with E-state index in [1.54, 1.807) is 25.7 Å². The molecule has 3 aliphatic rings. The Balaban J connectivity index is 1.30. The van der Waals surface area contributed by atoms with Gasteiger partial charge in [0.2, 0.25) is 11.9 Å². The highest BCUT2D eigenvalue weighted by atomic mass is 19.1. The van der Waals surface area contributed by atoms with Gasteiger partial charge in [-0.3, -0.25) is 9.69 Å². The highest BCUT2D eigenvalue weighted by Crippen LogP contribution is 2.49. The largest absolute Gasteiger partial charge is 0.485 e. The maximum absolute atomic E-state index is 15.1. The summed E-state index contributed by atoms with van der Waals surface area (Å²) in [5.74, 6) is -3.67. The van der Waals surface area contributed by atoms with Gasteiger partial charge >= 0.3 is 12.2 Å². The van der Waals surface area contributed by atoms with Crippen molar-refractivity contribution in [2.75, 3.05) is 26.2 Å². The van der Waals surface area contributed by atoms with Crippen molar-refractivity contribution in [1.82, 2.24) is 19.7 Å². The van der Waals surface area contributed by atoms with Crippen LogP contribution in [0.25, 0.3) is 0 Å². The number of nitrogens with zero attached hydrogens (tertiary/aromatic N) is 4. The molecule has 2 saturated heterocycles. The molecule has 0 unspecified atom stereocenters. The van der Waals surface area contributed by atoms with Gasteiger partial charge in [0.05, 0.1) is 0 Å². The van der Waals surface area contributed by atoms with Gasteiger partial charge in [-0.15, -0.1) is 0 Å². The number of amides is 3. The van der Waals surface area contributed by atoms with E-state index in [9.17, 15) is 23.2 Å². The summed E-state index contributed by atoms with van der Waals surface area (Å²) in [7, 11) is 0. The van der Waals surface area contributed by atoms with E-state index in [2.05, 4.69) is 4.98 Å². The molecule has 2 atom stereocenters. The first-order chi connectivity index (χ1) is 22.5. The molecule has 0 N–H and O–H groups in total. The SMILES string of the molecule is CC(C)(C)OC(=O)N(CC(=O)N1CCC2(CCCN2C(=O)OC(C)(C)C)CC1)[C@@H]1C[C@H]1c1cc(F)cc(F)c1OCc1cccnc1F. The molecule has 0 bridgehead atoms. The Morgan fingerprint density at radius 2 is 1.67 bits per heavy atom. The number of carbonyl (C=O) groups is 3. The fourth-order valence-electron chi connectivity index (χ4n) is 6.66. The zero-order valence-corrected chi connectivity index (χ0v) is 28.5. The molecule has 1 aromatic carbocycles. The van der Waals surface area contributed by atoms with Gasteiger partial charge in [0, 0.05) is 60.5 Å². The number of hydrogen-bond acceptors (Lipinski definition) is 7. The maximum atomic E-state index is 15.1. The molecule has 1 aromatic heterocycles. The van der Waals surface area contributed by atoms with Crippen molar-refractivity contribution in [2.45, 2.75) is 109 Å². The first-order valence-electron chi connectivity index (χ1n) is 16.5. The molecule has 2 aliphatic heterocycles. The Morgan fingerprint density at radius 1 is 0.979 bits per heavy atom. The fourth-order valence-corrected chi connectivity index (χ4v) is 6.66. The lowest BCUT2D eigenvalue weighted by Crippen LogP contribution is -2.57. The quantitative estimate of drug-likeness (QED) is 0.307. The summed E-state index contributed by atoms with van der Waals surface area (Å²) in [6.45, 7) is 11.4. The molecule has 2 aromatic rings. The number of aromatic nitrogens is 1. The summed E-state index contributed by atoms with van der Waals surface area (Å²) in [6.07, 6.45) is 3.35. The molecule has 3 fully saturated rings. The third-order valence-corrected chi connectivity index (χ3v) is 8.99. The van der Waals surface area contributed by atoms with Gasteiger partial charge in [-0.1, -0.05) is 0 Å². The third-order valence-electron chi connectivity index (χ3n) is 8.99. The minimum absolute atomic E-state index is 0.0932. The second-order valence-corrected chi connectivity index (χ2v) is 14.9. The molecule has 3 heterocycles. The van der Waals surface area contributed by atoms with E-state index in [4.69, 9.17) is 14.2 Å². The molecule has 262 valence electrons. The summed E-state index contributed by atoms with van der Waals surface area (Å²) in [4.78, 5) is 48.6. The summed E-state index contributed by atoms with van der Waals surface area (Å²) in [5, 5.41) is 0. The highest BCUT2D eigenvalue weighted by Gasteiger charge is 2.50. The first-order valence-corrected chi connectivity index (χ1v) is 16.5. The molecule has 5 rings (SSSR count). The van der Waals surface area contributed by atoms with Crippen LogP contribution in [-0.4, -0.2) is 86.7 Å². The van der Waals surface area contributed by atoms with Crippen LogP contribution < -0.4 is 4.74 Å². The van der Waals surface area contributed by atoms with E-state index in [0.717, 1.165) is 18.9 Å². The van der Waals surface area contributed by atoms with Crippen molar-refractivity contribution in [2.24, 2.45) is 0 Å². The zero-order chi connectivity index (χ0) is 35.0. The minimum Gasteiger partial charge on any atom is -0.485 e. The van der Waals surface area contributed by atoms with Crippen LogP contribution in [0.15, 0.2) is 30.5 Å². The number of benzene rings is 1. The Bertz CT molecular complexity index is 1530. The van der Waals surface area contributed by atoms with Crippen molar-refractivity contribution >= 4 is 18.1 Å². The second kappa shape index (κ2) is 13.5. The Morgan fingerprint density at radius 3 is 2.31 bits per heavy atom. The van der Waals surface area contributed by atoms with Crippen molar-refractivity contribution < 1.29 is 41.8 Å². The zero-order valence-electron chi connectivity index (χ0n) is 28.5. The van der Waals surface area contributed by atoms with E-state index in [-0.39, 0.29) is 47.6 Å². The molecular weight excluding hydrogens is 629 g/mol. The van der Waals surface area contributed by atoms with Gasteiger partial charge in [0.15, 0.2) is 11.6 Å². The fraction of sp³-hybridized carbons (Fsp3) is 0.600. The lowest BCUT2D eigenvalue weighted by atomic mass is 9.85. The van der Waals surface area contributed by atoms with E-state index in [0.29, 0.717) is 45.0 Å². The molecule has 1 spiro atoms. The molecule has 1 aliphatic carbocycles. The Labute approximate surface area is 279 Å². The smallest absolute Gasteiger partial charge is 0.411 e. The molecule has 1 saturated carbocycles. The third kappa shape index (κ3) is 8.15. The van der Waals surface area contributed by atoms with Gasteiger partial charge in [-0.05, 0) is 91.8 Å². The highest BCUT2D eigenvalue weighted by molar-refractivity contribution is 5.83. The van der Waals surface area contributed by atoms with Crippen LogP contribution in [0.3, 0.4) is 0 Å². The van der Waals surface area contributed by atoms with Crippen molar-refractivity contribution in [3.63, 3.8) is 0 Å². The first kappa shape index (κ1) is 35.3. The van der Waals surface area contributed by atoms with E-state index >= 15 is 4.39 Å². The van der Waals surface area contributed by atoms with Crippen molar-refractivity contribution in [3.8, 4) is 5.75 Å². The number of ether oxygens (including phenoxy) is 3. The van der Waals surface area contributed by atoms with Crippen LogP contribution in [0, 0.1) is 17.6 Å². The normalized spacial score (nSPS) is 20.4. The van der Waals surface area contributed by atoms with Gasteiger partial charge in [0.1, 0.15) is 30.2 Å². The minimum atomic E-state index is -0.963. The Kier molecular flexibility index (Phi) is 9.90. The number of rotatable bonds is 7. The van der Waals surface area contributed by atoms with Gasteiger partial charge < -0.3 is 24.0 Å².